The third-order valence-electron chi connectivity index (χ3n) is 7.29. The average Bonchev–Trinajstić information content (AvgIpc) is 2.94. The molecular formula is C27H34F4N2O5S. The molecule has 0 spiro atoms. The van der Waals surface area contributed by atoms with E-state index in [0.717, 1.165) is 31.0 Å². The fourth-order valence-corrected chi connectivity index (χ4v) is 6.04. The Labute approximate surface area is 226 Å². The molecule has 2 aromatic carbocycles. The monoisotopic (exact) mass is 574 g/mol. The van der Waals surface area contributed by atoms with Gasteiger partial charge in [0.25, 0.3) is 0 Å². The van der Waals surface area contributed by atoms with Crippen molar-refractivity contribution in [1.29, 1.82) is 0 Å². The van der Waals surface area contributed by atoms with E-state index in [1.54, 1.807) is 0 Å². The summed E-state index contributed by atoms with van der Waals surface area (Å²) in [6.45, 7) is 5.96. The van der Waals surface area contributed by atoms with Crippen molar-refractivity contribution in [1.82, 2.24) is 4.31 Å². The number of ether oxygens (including phenoxy) is 1. The van der Waals surface area contributed by atoms with Crippen molar-refractivity contribution in [3.8, 4) is 5.75 Å². The highest BCUT2D eigenvalue weighted by Crippen LogP contribution is 2.46. The Balaban J connectivity index is 2.28. The predicted molar refractivity (Wildman–Crippen MR) is 139 cm³/mol. The van der Waals surface area contributed by atoms with Gasteiger partial charge in [-0.05, 0) is 56.5 Å². The minimum absolute atomic E-state index is 0.0361. The smallest absolute Gasteiger partial charge is 0.420 e. The van der Waals surface area contributed by atoms with Gasteiger partial charge in [-0.1, -0.05) is 26.7 Å². The van der Waals surface area contributed by atoms with E-state index < -0.39 is 62.3 Å². The maximum atomic E-state index is 14.3. The number of benzene rings is 2. The minimum atomic E-state index is -4.94. The Morgan fingerprint density at radius 3 is 2.23 bits per heavy atom. The number of carboxylic acids is 1. The zero-order chi connectivity index (χ0) is 29.3. The summed E-state index contributed by atoms with van der Waals surface area (Å²) in [7, 11) is -2.92. The van der Waals surface area contributed by atoms with Gasteiger partial charge < -0.3 is 14.7 Å². The van der Waals surface area contributed by atoms with Crippen LogP contribution in [0, 0.1) is 17.2 Å². The summed E-state index contributed by atoms with van der Waals surface area (Å²) in [5.74, 6) is -2.45. The number of anilines is 2. The van der Waals surface area contributed by atoms with Gasteiger partial charge in [0.15, 0.2) is 0 Å². The number of hydrogen-bond acceptors (Lipinski definition) is 5. The topological polar surface area (TPSA) is 87.1 Å². The summed E-state index contributed by atoms with van der Waals surface area (Å²) in [5.41, 5.74) is -2.68. The van der Waals surface area contributed by atoms with Crippen LogP contribution in [0.4, 0.5) is 28.9 Å². The molecule has 1 atom stereocenters. The Bertz CT molecular complexity index is 1290. The number of sulfonamides is 1. The summed E-state index contributed by atoms with van der Waals surface area (Å²) in [6, 6.07) is 6.03. The second-order valence-corrected chi connectivity index (χ2v) is 12.4. The molecular weight excluding hydrogens is 540 g/mol. The zero-order valence-corrected chi connectivity index (χ0v) is 23.4. The number of aliphatic carboxylic acids is 1. The maximum Gasteiger partial charge on any atom is 0.420 e. The molecule has 0 aliphatic carbocycles. The van der Waals surface area contributed by atoms with Gasteiger partial charge in [-0.15, -0.1) is 0 Å². The summed E-state index contributed by atoms with van der Waals surface area (Å²) in [6.07, 6.45) is -2.89. The first kappa shape index (κ1) is 30.7. The Morgan fingerprint density at radius 2 is 1.72 bits per heavy atom. The SMILES string of the molecule is CCC(CC)C[C@@H]1CN(c2ccc(F)cc2)c2cc(C(F)(F)F)c(OCC(C)(C)C(=O)O)cc2S(=O)(=O)N1C. The summed E-state index contributed by atoms with van der Waals surface area (Å²) in [4.78, 5) is 12.6. The summed E-state index contributed by atoms with van der Waals surface area (Å²) < 4.78 is 90.8. The van der Waals surface area contributed by atoms with E-state index in [1.807, 2.05) is 13.8 Å². The van der Waals surface area contributed by atoms with E-state index in [0.29, 0.717) is 18.2 Å². The standard InChI is InChI=1S/C27H34F4N2O5S/c1-6-17(7-2)12-20-15-33(19-10-8-18(28)9-11-19)22-13-21(27(29,30)31)23(38-16-26(3,4)25(34)35)14-24(22)39(36,37)32(20)5/h8-11,13-14,17,20H,6-7,12,15-16H2,1-5H3,(H,34,35)/t20-/m1/s1. The first-order chi connectivity index (χ1) is 18.0. The molecule has 7 nitrogen and oxygen atoms in total. The normalized spacial score (nSPS) is 18.1. The van der Waals surface area contributed by atoms with Crippen LogP contribution in [0.25, 0.3) is 0 Å². The largest absolute Gasteiger partial charge is 0.492 e. The number of halogens is 4. The molecule has 39 heavy (non-hydrogen) atoms. The fourth-order valence-electron chi connectivity index (χ4n) is 4.50. The number of nitrogens with zero attached hydrogens (tertiary/aromatic N) is 2. The van der Waals surface area contributed by atoms with Crippen LogP contribution in [-0.2, 0) is 21.0 Å². The van der Waals surface area contributed by atoms with Crippen LogP contribution in [0.1, 0.15) is 52.5 Å². The van der Waals surface area contributed by atoms with Gasteiger partial charge in [0.2, 0.25) is 10.0 Å². The van der Waals surface area contributed by atoms with Gasteiger partial charge in [-0.2, -0.15) is 17.5 Å². The molecule has 0 unspecified atom stereocenters. The lowest BCUT2D eigenvalue weighted by atomic mass is 9.94. The molecule has 0 saturated heterocycles. The van der Waals surface area contributed by atoms with Crippen LogP contribution in [0.5, 0.6) is 5.75 Å². The predicted octanol–water partition coefficient (Wildman–Crippen LogP) is 6.30. The van der Waals surface area contributed by atoms with E-state index in [-0.39, 0.29) is 18.2 Å². The van der Waals surface area contributed by atoms with Crippen LogP contribution >= 0.6 is 0 Å². The highest BCUT2D eigenvalue weighted by atomic mass is 32.2. The lowest BCUT2D eigenvalue weighted by Crippen LogP contribution is -2.42. The molecule has 1 N–H and O–H groups in total. The number of rotatable bonds is 9. The fraction of sp³-hybridized carbons (Fsp3) is 0.519. The Kier molecular flexibility index (Phi) is 8.91. The molecule has 0 saturated carbocycles. The van der Waals surface area contributed by atoms with E-state index in [2.05, 4.69) is 0 Å². The third-order valence-corrected chi connectivity index (χ3v) is 9.23. The Morgan fingerprint density at radius 1 is 1.13 bits per heavy atom. The van der Waals surface area contributed by atoms with Crippen LogP contribution in [0.3, 0.4) is 0 Å². The van der Waals surface area contributed by atoms with Crippen molar-refractivity contribution in [3.05, 3.63) is 47.8 Å². The quantitative estimate of drug-likeness (QED) is 0.354. The average molecular weight is 575 g/mol. The van der Waals surface area contributed by atoms with E-state index >= 15 is 0 Å². The van der Waals surface area contributed by atoms with Gasteiger partial charge in [-0.3, -0.25) is 4.79 Å². The van der Waals surface area contributed by atoms with E-state index in [1.165, 1.54) is 42.2 Å². The van der Waals surface area contributed by atoms with Crippen LogP contribution in [0.15, 0.2) is 41.3 Å². The molecule has 1 aliphatic rings. The van der Waals surface area contributed by atoms with Crippen molar-refractivity contribution in [2.75, 3.05) is 25.1 Å². The first-order valence-corrected chi connectivity index (χ1v) is 14.1. The molecule has 0 fully saturated rings. The van der Waals surface area contributed by atoms with Crippen molar-refractivity contribution in [2.24, 2.45) is 11.3 Å². The molecule has 0 amide bonds. The van der Waals surface area contributed by atoms with Gasteiger partial charge in [0.1, 0.15) is 23.1 Å². The zero-order valence-electron chi connectivity index (χ0n) is 22.5. The first-order valence-electron chi connectivity index (χ1n) is 12.7. The van der Waals surface area contributed by atoms with Gasteiger partial charge >= 0.3 is 12.1 Å². The molecule has 0 aromatic heterocycles. The molecule has 216 valence electrons. The summed E-state index contributed by atoms with van der Waals surface area (Å²) in [5, 5.41) is 9.38. The number of fused-ring (bicyclic) bond motifs is 1. The molecule has 1 aliphatic heterocycles. The second kappa shape index (κ2) is 11.3. The van der Waals surface area contributed by atoms with Crippen molar-refractivity contribution in [3.63, 3.8) is 0 Å². The lowest BCUT2D eigenvalue weighted by Gasteiger charge is -2.31. The maximum absolute atomic E-state index is 14.3. The Hall–Kier alpha value is -2.86. The second-order valence-electron chi connectivity index (χ2n) is 10.5. The number of carboxylic acid groups (broad SMARTS) is 1. The highest BCUT2D eigenvalue weighted by Gasteiger charge is 2.43. The molecule has 1 heterocycles. The molecule has 0 radical (unpaired) electrons. The third kappa shape index (κ3) is 6.49. The van der Waals surface area contributed by atoms with Gasteiger partial charge in [0.05, 0.1) is 16.7 Å². The number of likely N-dealkylation sites (N-methyl/N-ethyl adjacent to an activating group) is 1. The molecule has 12 heteroatoms. The minimum Gasteiger partial charge on any atom is -0.492 e. The van der Waals surface area contributed by atoms with E-state index in [9.17, 15) is 35.9 Å². The van der Waals surface area contributed by atoms with Crippen molar-refractivity contribution >= 4 is 27.4 Å². The molecule has 3 rings (SSSR count). The number of carbonyl (C=O) groups is 1. The van der Waals surface area contributed by atoms with Crippen molar-refractivity contribution in [2.45, 2.75) is 64.1 Å². The molecule has 2 aromatic rings. The van der Waals surface area contributed by atoms with Gasteiger partial charge in [0, 0.05) is 31.4 Å². The van der Waals surface area contributed by atoms with Gasteiger partial charge in [-0.25, -0.2) is 12.8 Å². The highest BCUT2D eigenvalue weighted by molar-refractivity contribution is 7.89. The lowest BCUT2D eigenvalue weighted by molar-refractivity contribution is -0.148. The summed E-state index contributed by atoms with van der Waals surface area (Å²) >= 11 is 0. The number of alkyl halides is 3. The van der Waals surface area contributed by atoms with Crippen LogP contribution < -0.4 is 9.64 Å². The molecule has 0 bridgehead atoms. The van der Waals surface area contributed by atoms with Crippen molar-refractivity contribution < 1.29 is 40.6 Å². The van der Waals surface area contributed by atoms with E-state index in [4.69, 9.17) is 4.74 Å². The number of hydrogen-bond donors (Lipinski definition) is 1. The van der Waals surface area contributed by atoms with Crippen LogP contribution in [-0.4, -0.2) is 50.0 Å². The van der Waals surface area contributed by atoms with Crippen LogP contribution in [0.2, 0.25) is 0 Å².